The van der Waals surface area contributed by atoms with E-state index in [1.807, 2.05) is 31.2 Å². The van der Waals surface area contributed by atoms with Gasteiger partial charge in [-0.3, -0.25) is 14.3 Å². The fourth-order valence-electron chi connectivity index (χ4n) is 3.84. The molecule has 1 fully saturated rings. The summed E-state index contributed by atoms with van der Waals surface area (Å²) in [4.78, 5) is 20.4. The summed E-state index contributed by atoms with van der Waals surface area (Å²) in [7, 11) is 1.65. The number of hydrogen-bond donors (Lipinski definition) is 0. The van der Waals surface area contributed by atoms with Crippen LogP contribution in [-0.2, 0) is 17.8 Å². The smallest absolute Gasteiger partial charge is 0.261 e. The number of nitrogens with zero attached hydrogens (tertiary/aromatic N) is 4. The quantitative estimate of drug-likeness (QED) is 0.666. The van der Waals surface area contributed by atoms with Crippen LogP contribution in [0.4, 0.5) is 0 Å². The van der Waals surface area contributed by atoms with Gasteiger partial charge in [0.1, 0.15) is 11.6 Å². The van der Waals surface area contributed by atoms with Crippen LogP contribution in [0.1, 0.15) is 36.0 Å². The molecule has 0 N–H and O–H groups in total. The maximum atomic E-state index is 13.1. The van der Waals surface area contributed by atoms with Gasteiger partial charge in [0.05, 0.1) is 36.3 Å². The lowest BCUT2D eigenvalue weighted by Gasteiger charge is -2.26. The van der Waals surface area contributed by atoms with Gasteiger partial charge in [0.15, 0.2) is 0 Å². The summed E-state index contributed by atoms with van der Waals surface area (Å²) in [6.45, 7) is 4.61. The van der Waals surface area contributed by atoms with Crippen LogP contribution in [0.5, 0.6) is 0 Å². The Balaban J connectivity index is 1.76. The number of ether oxygens (including phenoxy) is 1. The Morgan fingerprint density at radius 2 is 2.19 bits per heavy atom. The molecular weight excluding hydrogens is 344 g/mol. The third kappa shape index (κ3) is 3.40. The summed E-state index contributed by atoms with van der Waals surface area (Å²) in [5.41, 5.74) is 1.83. The molecule has 2 aromatic heterocycles. The van der Waals surface area contributed by atoms with Crippen molar-refractivity contribution in [3.8, 4) is 0 Å². The van der Waals surface area contributed by atoms with Gasteiger partial charge >= 0.3 is 0 Å². The largest absolute Gasteiger partial charge is 0.383 e. The van der Waals surface area contributed by atoms with Crippen molar-refractivity contribution >= 4 is 10.9 Å². The van der Waals surface area contributed by atoms with Crippen LogP contribution in [0.25, 0.3) is 10.9 Å². The van der Waals surface area contributed by atoms with Gasteiger partial charge in [-0.2, -0.15) is 0 Å². The zero-order valence-corrected chi connectivity index (χ0v) is 15.7. The van der Waals surface area contributed by atoms with Crippen LogP contribution in [0.2, 0.25) is 0 Å². The van der Waals surface area contributed by atoms with Gasteiger partial charge in [-0.05, 0) is 38.4 Å². The summed E-state index contributed by atoms with van der Waals surface area (Å²) in [5.74, 6) is 1.66. The molecule has 1 atom stereocenters. The number of aryl methyl sites for hydroxylation is 1. The molecule has 1 aliphatic rings. The van der Waals surface area contributed by atoms with Crippen molar-refractivity contribution in [2.75, 3.05) is 20.3 Å². The molecule has 0 saturated carbocycles. The first-order valence-corrected chi connectivity index (χ1v) is 9.31. The summed E-state index contributed by atoms with van der Waals surface area (Å²) in [5, 5.41) is 4.54. The highest BCUT2D eigenvalue weighted by Crippen LogP contribution is 2.32. The third-order valence-electron chi connectivity index (χ3n) is 5.30. The number of methoxy groups -OCH3 is 1. The zero-order chi connectivity index (χ0) is 18.8. The van der Waals surface area contributed by atoms with Gasteiger partial charge < -0.3 is 9.26 Å². The molecule has 0 aliphatic carbocycles. The molecule has 142 valence electrons. The molecule has 0 amide bonds. The third-order valence-corrected chi connectivity index (χ3v) is 5.30. The number of aromatic nitrogens is 3. The number of para-hydroxylation sites is 1. The standard InChI is InChI=1S/C20H24N4O3/c1-14-15(12-21-27-14)13-23-9-5-8-18(23)19-22-17-7-4-3-6-16(17)20(25)24(19)10-11-26-2/h3-4,6-7,12,18H,5,8-11,13H2,1-2H3. The molecule has 3 aromatic rings. The highest BCUT2D eigenvalue weighted by molar-refractivity contribution is 5.77. The Labute approximate surface area is 157 Å². The van der Waals surface area contributed by atoms with Crippen LogP contribution in [0, 0.1) is 6.92 Å². The number of benzene rings is 1. The predicted molar refractivity (Wildman–Crippen MR) is 102 cm³/mol. The van der Waals surface area contributed by atoms with E-state index < -0.39 is 0 Å². The molecule has 1 saturated heterocycles. The van der Waals surface area contributed by atoms with E-state index in [2.05, 4.69) is 10.1 Å². The van der Waals surface area contributed by atoms with Crippen molar-refractivity contribution in [2.24, 2.45) is 0 Å². The monoisotopic (exact) mass is 368 g/mol. The average Bonchev–Trinajstić information content (AvgIpc) is 3.30. The first-order valence-electron chi connectivity index (χ1n) is 9.31. The molecule has 0 radical (unpaired) electrons. The van der Waals surface area contributed by atoms with E-state index in [-0.39, 0.29) is 11.6 Å². The van der Waals surface area contributed by atoms with Crippen molar-refractivity contribution in [2.45, 2.75) is 38.9 Å². The van der Waals surface area contributed by atoms with Gasteiger partial charge in [-0.1, -0.05) is 17.3 Å². The molecule has 0 spiro atoms. The fourth-order valence-corrected chi connectivity index (χ4v) is 3.84. The minimum atomic E-state index is 0.000610. The molecule has 0 bridgehead atoms. The second-order valence-electron chi connectivity index (χ2n) is 6.97. The lowest BCUT2D eigenvalue weighted by atomic mass is 10.1. The van der Waals surface area contributed by atoms with E-state index in [1.165, 1.54) is 0 Å². The van der Waals surface area contributed by atoms with Crippen molar-refractivity contribution in [1.29, 1.82) is 0 Å². The predicted octanol–water partition coefficient (Wildman–Crippen LogP) is 2.68. The van der Waals surface area contributed by atoms with Crippen molar-refractivity contribution < 1.29 is 9.26 Å². The molecule has 1 aliphatic heterocycles. The fraction of sp³-hybridized carbons (Fsp3) is 0.450. The minimum Gasteiger partial charge on any atom is -0.383 e. The van der Waals surface area contributed by atoms with Gasteiger partial charge in [0.25, 0.3) is 5.56 Å². The molecule has 7 heteroatoms. The normalized spacial score (nSPS) is 17.8. The summed E-state index contributed by atoms with van der Waals surface area (Å²) in [6, 6.07) is 7.64. The molecule has 27 heavy (non-hydrogen) atoms. The highest BCUT2D eigenvalue weighted by atomic mass is 16.5. The zero-order valence-electron chi connectivity index (χ0n) is 15.7. The van der Waals surface area contributed by atoms with Crippen LogP contribution < -0.4 is 5.56 Å². The number of rotatable bonds is 6. The topological polar surface area (TPSA) is 73.4 Å². The molecule has 1 unspecified atom stereocenters. The summed E-state index contributed by atoms with van der Waals surface area (Å²) >= 11 is 0. The van der Waals surface area contributed by atoms with Gasteiger partial charge in [0, 0.05) is 19.2 Å². The number of hydrogen-bond acceptors (Lipinski definition) is 6. The highest BCUT2D eigenvalue weighted by Gasteiger charge is 2.31. The second kappa shape index (κ2) is 7.62. The minimum absolute atomic E-state index is 0.000610. The average molecular weight is 368 g/mol. The van der Waals surface area contributed by atoms with Gasteiger partial charge in [-0.25, -0.2) is 4.98 Å². The van der Waals surface area contributed by atoms with E-state index in [0.29, 0.717) is 18.5 Å². The summed E-state index contributed by atoms with van der Waals surface area (Å²) < 4.78 is 12.2. The Hall–Kier alpha value is -2.51. The maximum absolute atomic E-state index is 13.1. The van der Waals surface area contributed by atoms with Crippen molar-refractivity contribution in [3.63, 3.8) is 0 Å². The molecular formula is C20H24N4O3. The van der Waals surface area contributed by atoms with E-state index in [1.54, 1.807) is 17.9 Å². The Kier molecular flexibility index (Phi) is 5.05. The Morgan fingerprint density at radius 3 is 2.96 bits per heavy atom. The van der Waals surface area contributed by atoms with Gasteiger partial charge in [0.2, 0.25) is 0 Å². The van der Waals surface area contributed by atoms with Gasteiger partial charge in [-0.15, -0.1) is 0 Å². The van der Waals surface area contributed by atoms with E-state index in [0.717, 1.165) is 48.6 Å². The van der Waals surface area contributed by atoms with E-state index in [4.69, 9.17) is 14.2 Å². The van der Waals surface area contributed by atoms with Crippen LogP contribution in [-0.4, -0.2) is 39.9 Å². The SMILES string of the molecule is COCCn1c(C2CCCN2Cc2cnoc2C)nc2ccccc2c1=O. The van der Waals surface area contributed by atoms with E-state index >= 15 is 0 Å². The molecule has 3 heterocycles. The first-order chi connectivity index (χ1) is 13.2. The molecule has 7 nitrogen and oxygen atoms in total. The van der Waals surface area contributed by atoms with Crippen LogP contribution >= 0.6 is 0 Å². The maximum Gasteiger partial charge on any atom is 0.261 e. The molecule has 4 rings (SSSR count). The van der Waals surface area contributed by atoms with Crippen LogP contribution in [0.3, 0.4) is 0 Å². The van der Waals surface area contributed by atoms with E-state index in [9.17, 15) is 4.79 Å². The van der Waals surface area contributed by atoms with Crippen LogP contribution in [0.15, 0.2) is 39.8 Å². The molecule has 1 aromatic carbocycles. The number of fused-ring (bicyclic) bond motifs is 1. The Morgan fingerprint density at radius 1 is 1.33 bits per heavy atom. The van der Waals surface area contributed by atoms with Crippen molar-refractivity contribution in [3.05, 3.63) is 58.0 Å². The summed E-state index contributed by atoms with van der Waals surface area (Å²) in [6.07, 6.45) is 3.82. The lowest BCUT2D eigenvalue weighted by molar-refractivity contribution is 0.178. The first kappa shape index (κ1) is 17.9. The number of likely N-dealkylation sites (tertiary alicyclic amines) is 1. The Bertz CT molecular complexity index is 994. The second-order valence-corrected chi connectivity index (χ2v) is 6.97. The van der Waals surface area contributed by atoms with Crippen molar-refractivity contribution in [1.82, 2.24) is 19.6 Å². The lowest BCUT2D eigenvalue weighted by Crippen LogP contribution is -2.33.